The minimum Gasteiger partial charge on any atom is -0.493 e. The van der Waals surface area contributed by atoms with Crippen LogP contribution in [0.5, 0.6) is 11.5 Å². The predicted molar refractivity (Wildman–Crippen MR) is 69.5 cm³/mol. The number of methoxy groups -OCH3 is 1. The number of carbonyl (C=O) groups is 1. The number of nitro benzene ring substituents is 1. The summed E-state index contributed by atoms with van der Waals surface area (Å²) in [5.74, 6) is 0.545. The van der Waals surface area contributed by atoms with Gasteiger partial charge < -0.3 is 14.2 Å². The molecule has 0 saturated carbocycles. The highest BCUT2D eigenvalue weighted by Crippen LogP contribution is 2.35. The van der Waals surface area contributed by atoms with Crippen molar-refractivity contribution in [2.24, 2.45) is 0 Å². The van der Waals surface area contributed by atoms with Crippen LogP contribution in [0, 0.1) is 10.1 Å². The predicted octanol–water partition coefficient (Wildman–Crippen LogP) is 1.97. The van der Waals surface area contributed by atoms with Crippen LogP contribution in [-0.2, 0) is 4.74 Å². The summed E-state index contributed by atoms with van der Waals surface area (Å²) in [6, 6.07) is 2.53. The summed E-state index contributed by atoms with van der Waals surface area (Å²) < 4.78 is 16.1. The van der Waals surface area contributed by atoms with Crippen LogP contribution in [0.15, 0.2) is 12.1 Å². The molecule has 1 fully saturated rings. The normalized spacial score (nSPS) is 18.4. The van der Waals surface area contributed by atoms with Gasteiger partial charge in [-0.2, -0.15) is 0 Å². The van der Waals surface area contributed by atoms with E-state index in [1.54, 1.807) is 0 Å². The number of nitro groups is 1. The van der Waals surface area contributed by atoms with Gasteiger partial charge in [-0.25, -0.2) is 0 Å². The van der Waals surface area contributed by atoms with Gasteiger partial charge in [0.25, 0.3) is 5.69 Å². The third-order valence-electron chi connectivity index (χ3n) is 3.05. The zero-order valence-electron chi connectivity index (χ0n) is 11.0. The van der Waals surface area contributed by atoms with Crippen LogP contribution in [0.1, 0.15) is 23.2 Å². The summed E-state index contributed by atoms with van der Waals surface area (Å²) in [5.41, 5.74) is -0.341. The highest BCUT2D eigenvalue weighted by molar-refractivity contribution is 5.83. The summed E-state index contributed by atoms with van der Waals surface area (Å²) >= 11 is 0. The van der Waals surface area contributed by atoms with Crippen LogP contribution in [0.4, 0.5) is 5.69 Å². The molecule has 1 aromatic rings. The van der Waals surface area contributed by atoms with E-state index in [0.717, 1.165) is 12.8 Å². The monoisotopic (exact) mass is 281 g/mol. The highest BCUT2D eigenvalue weighted by atomic mass is 16.6. The summed E-state index contributed by atoms with van der Waals surface area (Å²) in [4.78, 5) is 21.2. The zero-order valence-corrected chi connectivity index (χ0v) is 11.0. The van der Waals surface area contributed by atoms with Crippen molar-refractivity contribution < 1.29 is 23.9 Å². The van der Waals surface area contributed by atoms with Crippen LogP contribution in [0.2, 0.25) is 0 Å². The standard InChI is InChI=1S/C13H15NO6/c1-18-12-5-9(7-15)11(14(16)17)6-13(12)20-10-3-2-4-19-8-10/h5-7,10H,2-4,8H2,1H3. The fourth-order valence-corrected chi connectivity index (χ4v) is 2.05. The average molecular weight is 281 g/mol. The van der Waals surface area contributed by atoms with Gasteiger partial charge in [0.2, 0.25) is 0 Å². The van der Waals surface area contributed by atoms with Crippen LogP contribution < -0.4 is 9.47 Å². The van der Waals surface area contributed by atoms with Gasteiger partial charge in [0.15, 0.2) is 17.8 Å². The summed E-state index contributed by atoms with van der Waals surface area (Å²) in [7, 11) is 1.42. The molecule has 1 aliphatic heterocycles. The lowest BCUT2D eigenvalue weighted by molar-refractivity contribution is -0.385. The number of aldehydes is 1. The summed E-state index contributed by atoms with van der Waals surface area (Å²) in [6.45, 7) is 1.13. The van der Waals surface area contributed by atoms with Gasteiger partial charge in [0.1, 0.15) is 6.10 Å². The Morgan fingerprint density at radius 3 is 2.80 bits per heavy atom. The van der Waals surface area contributed by atoms with Crippen molar-refractivity contribution in [2.45, 2.75) is 18.9 Å². The Kier molecular flexibility index (Phi) is 4.52. The first-order valence-corrected chi connectivity index (χ1v) is 6.21. The zero-order chi connectivity index (χ0) is 14.5. The van der Waals surface area contributed by atoms with Gasteiger partial charge in [-0.1, -0.05) is 0 Å². The maximum absolute atomic E-state index is 11.0. The number of nitrogens with zero attached hydrogens (tertiary/aromatic N) is 1. The SMILES string of the molecule is COc1cc(C=O)c([N+](=O)[O-])cc1OC1CCCOC1. The van der Waals surface area contributed by atoms with Gasteiger partial charge in [-0.15, -0.1) is 0 Å². The molecule has 0 amide bonds. The van der Waals surface area contributed by atoms with E-state index < -0.39 is 4.92 Å². The molecule has 1 aliphatic rings. The number of carbonyl (C=O) groups excluding carboxylic acids is 1. The molecule has 0 N–H and O–H groups in total. The molecule has 7 heteroatoms. The fraction of sp³-hybridized carbons (Fsp3) is 0.462. The molecule has 0 aromatic heterocycles. The van der Waals surface area contributed by atoms with Crippen molar-refractivity contribution in [3.63, 3.8) is 0 Å². The molecule has 1 atom stereocenters. The lowest BCUT2D eigenvalue weighted by Crippen LogP contribution is -2.28. The number of rotatable bonds is 5. The largest absolute Gasteiger partial charge is 0.493 e. The number of hydrogen-bond acceptors (Lipinski definition) is 6. The van der Waals surface area contributed by atoms with Crippen molar-refractivity contribution in [1.29, 1.82) is 0 Å². The molecule has 0 aliphatic carbocycles. The molecular weight excluding hydrogens is 266 g/mol. The second kappa shape index (κ2) is 6.33. The fourth-order valence-electron chi connectivity index (χ4n) is 2.05. The third kappa shape index (κ3) is 3.05. The van der Waals surface area contributed by atoms with Gasteiger partial charge in [0.05, 0.1) is 30.3 Å². The Morgan fingerprint density at radius 1 is 1.45 bits per heavy atom. The Morgan fingerprint density at radius 2 is 2.25 bits per heavy atom. The van der Waals surface area contributed by atoms with Gasteiger partial charge in [-0.05, 0) is 12.8 Å². The Labute approximate surface area is 115 Å². The molecule has 0 spiro atoms. The molecule has 108 valence electrons. The van der Waals surface area contributed by atoms with E-state index in [2.05, 4.69) is 0 Å². The first-order chi connectivity index (χ1) is 9.65. The lowest BCUT2D eigenvalue weighted by atomic mass is 10.1. The molecule has 2 rings (SSSR count). The van der Waals surface area contributed by atoms with Crippen LogP contribution >= 0.6 is 0 Å². The molecule has 1 saturated heterocycles. The first kappa shape index (κ1) is 14.3. The first-order valence-electron chi connectivity index (χ1n) is 6.21. The molecular formula is C13H15NO6. The van der Waals surface area contributed by atoms with E-state index >= 15 is 0 Å². The summed E-state index contributed by atoms with van der Waals surface area (Å²) in [6.07, 6.45) is 1.95. The molecule has 0 bridgehead atoms. The van der Waals surface area contributed by atoms with Crippen molar-refractivity contribution in [3.8, 4) is 11.5 Å². The molecule has 7 nitrogen and oxygen atoms in total. The van der Waals surface area contributed by atoms with Crippen molar-refractivity contribution in [2.75, 3.05) is 20.3 Å². The van der Waals surface area contributed by atoms with Gasteiger partial charge in [0, 0.05) is 12.7 Å². The van der Waals surface area contributed by atoms with Gasteiger partial charge in [-0.3, -0.25) is 14.9 Å². The Bertz CT molecular complexity index is 510. The van der Waals surface area contributed by atoms with E-state index in [0.29, 0.717) is 25.2 Å². The quantitative estimate of drug-likeness (QED) is 0.466. The number of ether oxygens (including phenoxy) is 3. The Balaban J connectivity index is 2.32. The third-order valence-corrected chi connectivity index (χ3v) is 3.05. The average Bonchev–Trinajstić information content (AvgIpc) is 2.47. The van der Waals surface area contributed by atoms with E-state index in [1.807, 2.05) is 0 Å². The van der Waals surface area contributed by atoms with Crippen LogP contribution in [0.25, 0.3) is 0 Å². The van der Waals surface area contributed by atoms with Crippen LogP contribution in [-0.4, -0.2) is 37.6 Å². The molecule has 1 unspecified atom stereocenters. The van der Waals surface area contributed by atoms with Crippen LogP contribution in [0.3, 0.4) is 0 Å². The molecule has 1 heterocycles. The maximum Gasteiger partial charge on any atom is 0.283 e. The smallest absolute Gasteiger partial charge is 0.283 e. The number of benzene rings is 1. The molecule has 20 heavy (non-hydrogen) atoms. The summed E-state index contributed by atoms with van der Waals surface area (Å²) in [5, 5.41) is 11.0. The second-order valence-corrected chi connectivity index (χ2v) is 4.39. The van der Waals surface area contributed by atoms with E-state index in [9.17, 15) is 14.9 Å². The Hall–Kier alpha value is -2.15. The molecule has 0 radical (unpaired) electrons. The topological polar surface area (TPSA) is 87.9 Å². The number of hydrogen-bond donors (Lipinski definition) is 0. The van der Waals surface area contributed by atoms with Crippen molar-refractivity contribution in [3.05, 3.63) is 27.8 Å². The molecule has 1 aromatic carbocycles. The van der Waals surface area contributed by atoms with Crippen molar-refractivity contribution >= 4 is 12.0 Å². The maximum atomic E-state index is 11.0. The van der Waals surface area contributed by atoms with Gasteiger partial charge >= 0.3 is 0 Å². The minimum atomic E-state index is -0.618. The van der Waals surface area contributed by atoms with E-state index in [4.69, 9.17) is 14.2 Å². The second-order valence-electron chi connectivity index (χ2n) is 4.39. The lowest BCUT2D eigenvalue weighted by Gasteiger charge is -2.24. The van der Waals surface area contributed by atoms with E-state index in [1.165, 1.54) is 19.2 Å². The van der Waals surface area contributed by atoms with Crippen molar-refractivity contribution in [1.82, 2.24) is 0 Å². The highest BCUT2D eigenvalue weighted by Gasteiger charge is 2.22. The van der Waals surface area contributed by atoms with E-state index in [-0.39, 0.29) is 23.1 Å². The minimum absolute atomic E-state index is 0.0425.